The third-order valence-corrected chi connectivity index (χ3v) is 4.91. The Morgan fingerprint density at radius 1 is 1.29 bits per heavy atom. The second kappa shape index (κ2) is 7.15. The van der Waals surface area contributed by atoms with Gasteiger partial charge in [0.1, 0.15) is 26.2 Å². The van der Waals surface area contributed by atoms with Gasteiger partial charge in [0.15, 0.2) is 11.5 Å². The van der Waals surface area contributed by atoms with Crippen molar-refractivity contribution >= 4 is 11.7 Å². The number of aliphatic hydroxyl groups excluding tert-OH is 1. The lowest BCUT2D eigenvalue weighted by Gasteiger charge is -2.29. The van der Waals surface area contributed by atoms with Crippen LogP contribution in [0, 0.1) is 0 Å². The summed E-state index contributed by atoms with van der Waals surface area (Å²) in [5.74, 6) is -1.08. The molecule has 0 unspecified atom stereocenters. The number of carbonyl (C=O) groups is 2. The van der Waals surface area contributed by atoms with Gasteiger partial charge in [-0.25, -0.2) is 0 Å². The van der Waals surface area contributed by atoms with Crippen LogP contribution in [0.25, 0.3) is 0 Å². The van der Waals surface area contributed by atoms with Crippen LogP contribution in [-0.4, -0.2) is 61.0 Å². The minimum atomic E-state index is -0.480. The van der Waals surface area contributed by atoms with Crippen molar-refractivity contribution in [2.45, 2.75) is 13.0 Å². The van der Waals surface area contributed by atoms with Crippen molar-refractivity contribution < 1.29 is 24.9 Å². The molecule has 1 amide bonds. The van der Waals surface area contributed by atoms with Crippen LogP contribution in [0.2, 0.25) is 0 Å². The van der Waals surface area contributed by atoms with Crippen molar-refractivity contribution in [3.05, 3.63) is 47.2 Å². The van der Waals surface area contributed by atoms with Gasteiger partial charge in [-0.1, -0.05) is 30.3 Å². The van der Waals surface area contributed by atoms with E-state index >= 15 is 0 Å². The predicted molar refractivity (Wildman–Crippen MR) is 88.5 cm³/mol. The third-order valence-electron chi connectivity index (χ3n) is 4.91. The smallest absolute Gasteiger partial charge is 0.290 e. The summed E-state index contributed by atoms with van der Waals surface area (Å²) in [6.45, 7) is 7.15. The first-order valence-corrected chi connectivity index (χ1v) is 8.55. The first-order chi connectivity index (χ1) is 11.6. The van der Waals surface area contributed by atoms with Crippen molar-refractivity contribution in [2.24, 2.45) is 0 Å². The number of amides is 1. The van der Waals surface area contributed by atoms with Gasteiger partial charge in [0.25, 0.3) is 5.91 Å². The quantitative estimate of drug-likeness (QED) is 0.610. The maximum absolute atomic E-state index is 12.5. The molecule has 0 saturated carbocycles. The third kappa shape index (κ3) is 3.20. The van der Waals surface area contributed by atoms with Gasteiger partial charge in [0, 0.05) is 0 Å². The summed E-state index contributed by atoms with van der Waals surface area (Å²) >= 11 is 0. The van der Waals surface area contributed by atoms with Crippen LogP contribution in [0.5, 0.6) is 0 Å². The van der Waals surface area contributed by atoms with E-state index in [0.717, 1.165) is 38.3 Å². The van der Waals surface area contributed by atoms with Crippen LogP contribution in [0.4, 0.5) is 0 Å². The summed E-state index contributed by atoms with van der Waals surface area (Å²) in [7, 11) is 0. The van der Waals surface area contributed by atoms with Crippen molar-refractivity contribution in [3.63, 3.8) is 0 Å². The molecule has 0 radical (unpaired) electrons. The zero-order valence-corrected chi connectivity index (χ0v) is 14.0. The van der Waals surface area contributed by atoms with Crippen molar-refractivity contribution in [3.8, 4) is 0 Å². The largest absolute Gasteiger partial charge is 0.503 e. The van der Waals surface area contributed by atoms with Gasteiger partial charge in [-0.3, -0.25) is 9.59 Å². The molecular weight excluding hydrogens is 306 g/mol. The van der Waals surface area contributed by atoms with Crippen LogP contribution in [0.3, 0.4) is 0 Å². The number of nitrogens with zero attached hydrogens (tertiary/aromatic N) is 1. The molecule has 0 bridgehead atoms. The SMILES string of the molecule is CC(=O)C1=C(O)C(=O)N(CC[NH+]2CC[NH2+]CC2)[C@@H]1c1ccccc1. The second-order valence-electron chi connectivity index (χ2n) is 6.50. The lowest BCUT2D eigenvalue weighted by molar-refractivity contribution is -0.946. The molecule has 6 nitrogen and oxygen atoms in total. The lowest BCUT2D eigenvalue weighted by atomic mass is 9.97. The zero-order valence-electron chi connectivity index (χ0n) is 14.0. The molecule has 1 aromatic rings. The number of aliphatic hydroxyl groups is 1. The molecule has 24 heavy (non-hydrogen) atoms. The average molecular weight is 331 g/mol. The summed E-state index contributed by atoms with van der Waals surface area (Å²) in [5.41, 5.74) is 1.08. The maximum atomic E-state index is 12.5. The first kappa shape index (κ1) is 16.7. The van der Waals surface area contributed by atoms with Crippen LogP contribution < -0.4 is 10.2 Å². The number of carbonyl (C=O) groups excluding carboxylic acids is 2. The molecule has 1 saturated heterocycles. The number of piperazine rings is 1. The van der Waals surface area contributed by atoms with E-state index < -0.39 is 17.7 Å². The Bertz CT molecular complexity index is 651. The Balaban J connectivity index is 1.83. The van der Waals surface area contributed by atoms with Crippen LogP contribution in [-0.2, 0) is 9.59 Å². The molecule has 0 aromatic heterocycles. The Morgan fingerprint density at radius 3 is 2.58 bits per heavy atom. The number of rotatable bonds is 5. The number of Topliss-reactive ketones (excluding diaryl/α,β-unsaturated/α-hetero) is 1. The van der Waals surface area contributed by atoms with Gasteiger partial charge in [-0.05, 0) is 12.5 Å². The number of hydrogen-bond acceptors (Lipinski definition) is 3. The first-order valence-electron chi connectivity index (χ1n) is 8.55. The topological polar surface area (TPSA) is 78.7 Å². The number of quaternary nitrogens is 2. The number of nitrogens with two attached hydrogens (primary N) is 1. The Morgan fingerprint density at radius 2 is 1.96 bits per heavy atom. The van der Waals surface area contributed by atoms with Gasteiger partial charge in [0.2, 0.25) is 0 Å². The van der Waals surface area contributed by atoms with Crippen LogP contribution >= 0.6 is 0 Å². The normalized spacial score (nSPS) is 22.3. The van der Waals surface area contributed by atoms with Gasteiger partial charge in [-0.15, -0.1) is 0 Å². The molecule has 3 rings (SSSR count). The van der Waals surface area contributed by atoms with E-state index in [1.165, 1.54) is 11.8 Å². The van der Waals surface area contributed by atoms with E-state index in [0.29, 0.717) is 6.54 Å². The fourth-order valence-electron chi connectivity index (χ4n) is 3.64. The van der Waals surface area contributed by atoms with Crippen LogP contribution in [0.15, 0.2) is 41.7 Å². The lowest BCUT2D eigenvalue weighted by Crippen LogP contribution is -3.20. The molecule has 4 N–H and O–H groups in total. The van der Waals surface area contributed by atoms with Crippen molar-refractivity contribution in [2.75, 3.05) is 39.3 Å². The van der Waals surface area contributed by atoms with Crippen molar-refractivity contribution in [1.82, 2.24) is 4.90 Å². The second-order valence-corrected chi connectivity index (χ2v) is 6.50. The highest BCUT2D eigenvalue weighted by atomic mass is 16.3. The summed E-state index contributed by atoms with van der Waals surface area (Å²) in [4.78, 5) is 27.7. The predicted octanol–water partition coefficient (Wildman–Crippen LogP) is -1.57. The van der Waals surface area contributed by atoms with Gasteiger partial charge >= 0.3 is 0 Å². The fraction of sp³-hybridized carbons (Fsp3) is 0.444. The molecule has 1 atom stereocenters. The van der Waals surface area contributed by atoms with E-state index in [4.69, 9.17) is 0 Å². The highest BCUT2D eigenvalue weighted by Crippen LogP contribution is 2.37. The molecule has 0 aliphatic carbocycles. The number of nitrogens with one attached hydrogen (secondary N) is 1. The molecule has 0 spiro atoms. The summed E-state index contributed by atoms with van der Waals surface area (Å²) in [6.07, 6.45) is 0. The van der Waals surface area contributed by atoms with E-state index in [9.17, 15) is 14.7 Å². The molecule has 1 aromatic carbocycles. The van der Waals surface area contributed by atoms with E-state index in [1.807, 2.05) is 30.3 Å². The molecule has 2 aliphatic heterocycles. The molecule has 1 fully saturated rings. The molecule has 2 aliphatic rings. The Hall–Kier alpha value is -2.18. The van der Waals surface area contributed by atoms with Crippen molar-refractivity contribution in [1.29, 1.82) is 0 Å². The maximum Gasteiger partial charge on any atom is 0.290 e. The molecular formula is C18H25N3O3+2. The van der Waals surface area contributed by atoms with E-state index in [-0.39, 0.29) is 11.4 Å². The van der Waals surface area contributed by atoms with Gasteiger partial charge < -0.3 is 20.2 Å². The Labute approximate surface area is 141 Å². The number of ketones is 1. The van der Waals surface area contributed by atoms with Gasteiger partial charge in [-0.2, -0.15) is 0 Å². The summed E-state index contributed by atoms with van der Waals surface area (Å²) in [5, 5.41) is 12.5. The fourth-order valence-corrected chi connectivity index (χ4v) is 3.64. The minimum Gasteiger partial charge on any atom is -0.503 e. The minimum absolute atomic E-state index is 0.216. The number of benzene rings is 1. The highest BCUT2D eigenvalue weighted by Gasteiger charge is 2.42. The monoisotopic (exact) mass is 331 g/mol. The Kier molecular flexibility index (Phi) is 4.97. The van der Waals surface area contributed by atoms with Gasteiger partial charge in [0.05, 0.1) is 24.7 Å². The molecule has 6 heteroatoms. The summed E-state index contributed by atoms with van der Waals surface area (Å²) in [6, 6.07) is 8.99. The zero-order chi connectivity index (χ0) is 17.1. The van der Waals surface area contributed by atoms with E-state index in [1.54, 1.807) is 4.90 Å². The molecule has 2 heterocycles. The molecule has 128 valence electrons. The standard InChI is InChI=1S/C18H23N3O3/c1-13(22)15-16(14-5-3-2-4-6-14)21(18(24)17(15)23)12-11-20-9-7-19-8-10-20/h2-6,16,19,23H,7-12H2,1H3/p+2/t16-/m1/s1. The highest BCUT2D eigenvalue weighted by molar-refractivity contribution is 6.08. The number of hydrogen-bond donors (Lipinski definition) is 3. The van der Waals surface area contributed by atoms with E-state index in [2.05, 4.69) is 5.32 Å². The average Bonchev–Trinajstić information content (AvgIpc) is 2.86. The summed E-state index contributed by atoms with van der Waals surface area (Å²) < 4.78 is 0. The van der Waals surface area contributed by atoms with Crippen LogP contribution in [0.1, 0.15) is 18.5 Å².